The van der Waals surface area contributed by atoms with Crippen LogP contribution in [0.15, 0.2) is 29.3 Å². The van der Waals surface area contributed by atoms with Crippen molar-refractivity contribution in [3.05, 3.63) is 34.8 Å². The predicted molar refractivity (Wildman–Crippen MR) is 59.8 cm³/mol. The minimum absolute atomic E-state index is 0.0349. The highest BCUT2D eigenvalue weighted by Gasteiger charge is 2.14. The highest BCUT2D eigenvalue weighted by molar-refractivity contribution is 6.15. The van der Waals surface area contributed by atoms with E-state index in [0.717, 1.165) is 29.0 Å². The third-order valence-corrected chi connectivity index (χ3v) is 2.74. The van der Waals surface area contributed by atoms with Gasteiger partial charge in [-0.15, -0.1) is 0 Å². The Hall–Kier alpha value is -1.44. The Morgan fingerprint density at radius 1 is 1.20 bits per heavy atom. The molecule has 0 saturated heterocycles. The van der Waals surface area contributed by atoms with Gasteiger partial charge in [-0.25, -0.2) is 4.99 Å². The van der Waals surface area contributed by atoms with Crippen molar-refractivity contribution in [1.29, 1.82) is 0 Å². The number of hydrogen-bond donors (Lipinski definition) is 0. The van der Waals surface area contributed by atoms with Gasteiger partial charge in [-0.05, 0) is 18.9 Å². The fourth-order valence-electron chi connectivity index (χ4n) is 1.91. The van der Waals surface area contributed by atoms with E-state index in [1.807, 2.05) is 24.3 Å². The molecule has 1 aromatic carbocycles. The molecule has 2 nitrogen and oxygen atoms in total. The van der Waals surface area contributed by atoms with Crippen LogP contribution in [0.25, 0.3) is 5.57 Å². The summed E-state index contributed by atoms with van der Waals surface area (Å²) in [4.78, 5) is 15.7. The van der Waals surface area contributed by atoms with Crippen molar-refractivity contribution in [2.45, 2.75) is 32.6 Å². The first-order valence-electron chi connectivity index (χ1n) is 5.54. The SMILES string of the molecule is CCCCCC1=c2ccccc2=NC1=O. The van der Waals surface area contributed by atoms with Gasteiger partial charge in [0, 0.05) is 10.8 Å². The number of para-hydroxylation sites is 1. The van der Waals surface area contributed by atoms with Crippen LogP contribution in [0.2, 0.25) is 0 Å². The van der Waals surface area contributed by atoms with Crippen LogP contribution in [0.3, 0.4) is 0 Å². The van der Waals surface area contributed by atoms with Crippen LogP contribution in [-0.2, 0) is 4.79 Å². The van der Waals surface area contributed by atoms with Gasteiger partial charge in [-0.3, -0.25) is 4.79 Å². The molecule has 0 radical (unpaired) electrons. The van der Waals surface area contributed by atoms with E-state index in [-0.39, 0.29) is 5.91 Å². The number of benzene rings is 1. The topological polar surface area (TPSA) is 29.4 Å². The first kappa shape index (κ1) is 10.1. The molecule has 1 heterocycles. The van der Waals surface area contributed by atoms with Gasteiger partial charge in [0.15, 0.2) is 0 Å². The second kappa shape index (κ2) is 4.39. The van der Waals surface area contributed by atoms with Gasteiger partial charge in [0.2, 0.25) is 0 Å². The van der Waals surface area contributed by atoms with Crippen LogP contribution < -0.4 is 10.6 Å². The van der Waals surface area contributed by atoms with E-state index in [9.17, 15) is 4.79 Å². The van der Waals surface area contributed by atoms with Gasteiger partial charge < -0.3 is 0 Å². The second-order valence-electron chi connectivity index (χ2n) is 3.87. The summed E-state index contributed by atoms with van der Waals surface area (Å²) in [6.07, 6.45) is 4.31. The maximum atomic E-state index is 11.6. The molecule has 1 aliphatic heterocycles. The summed E-state index contributed by atoms with van der Waals surface area (Å²) in [5, 5.41) is 1.88. The lowest BCUT2D eigenvalue weighted by Gasteiger charge is -1.98. The molecular formula is C13H15NO. The molecule has 0 saturated carbocycles. The molecule has 1 aliphatic rings. The zero-order valence-electron chi connectivity index (χ0n) is 8.99. The summed E-state index contributed by atoms with van der Waals surface area (Å²) in [5.74, 6) is -0.0349. The summed E-state index contributed by atoms with van der Waals surface area (Å²) in [5.41, 5.74) is 0.902. The number of fused-ring (bicyclic) bond motifs is 1. The molecule has 0 spiro atoms. The monoisotopic (exact) mass is 201 g/mol. The number of nitrogens with zero attached hydrogens (tertiary/aromatic N) is 1. The van der Waals surface area contributed by atoms with Gasteiger partial charge in [0.05, 0.1) is 5.36 Å². The van der Waals surface area contributed by atoms with E-state index in [4.69, 9.17) is 0 Å². The van der Waals surface area contributed by atoms with Crippen LogP contribution in [0.1, 0.15) is 32.6 Å². The second-order valence-corrected chi connectivity index (χ2v) is 3.87. The molecule has 2 heteroatoms. The third-order valence-electron chi connectivity index (χ3n) is 2.74. The molecule has 78 valence electrons. The van der Waals surface area contributed by atoms with Gasteiger partial charge >= 0.3 is 0 Å². The smallest absolute Gasteiger partial charge is 0.267 e. The van der Waals surface area contributed by atoms with Gasteiger partial charge in [-0.2, -0.15) is 0 Å². The maximum Gasteiger partial charge on any atom is 0.274 e. The molecule has 0 N–H and O–H groups in total. The van der Waals surface area contributed by atoms with E-state index in [1.54, 1.807) is 0 Å². The number of carbonyl (C=O) groups excluding carboxylic acids is 1. The summed E-state index contributed by atoms with van der Waals surface area (Å²) in [6.45, 7) is 2.17. The van der Waals surface area contributed by atoms with Crippen LogP contribution in [0, 0.1) is 0 Å². The van der Waals surface area contributed by atoms with Gasteiger partial charge in [0.25, 0.3) is 5.91 Å². The van der Waals surface area contributed by atoms with Crippen LogP contribution >= 0.6 is 0 Å². The largest absolute Gasteiger partial charge is 0.274 e. The van der Waals surface area contributed by atoms with Crippen molar-refractivity contribution in [1.82, 2.24) is 0 Å². The zero-order valence-corrected chi connectivity index (χ0v) is 8.99. The molecule has 1 amide bonds. The molecule has 0 aliphatic carbocycles. The molecule has 0 fully saturated rings. The standard InChI is InChI=1S/C13H15NO/c1-2-3-4-8-11-10-7-5-6-9-12(10)14-13(11)15/h5-7,9H,2-4,8H2,1H3. The zero-order chi connectivity index (χ0) is 10.7. The lowest BCUT2D eigenvalue weighted by molar-refractivity contribution is -0.112. The predicted octanol–water partition coefficient (Wildman–Crippen LogP) is 1.58. The lowest BCUT2D eigenvalue weighted by atomic mass is 10.1. The normalized spacial score (nSPS) is 13.9. The van der Waals surface area contributed by atoms with E-state index in [2.05, 4.69) is 11.9 Å². The Morgan fingerprint density at radius 3 is 2.80 bits per heavy atom. The molecule has 2 rings (SSSR count). The highest BCUT2D eigenvalue weighted by atomic mass is 16.1. The molecule has 1 aromatic rings. The summed E-state index contributed by atoms with van der Waals surface area (Å²) < 4.78 is 0. The Labute approximate surface area is 89.3 Å². The van der Waals surface area contributed by atoms with Crippen molar-refractivity contribution < 1.29 is 4.79 Å². The fraction of sp³-hybridized carbons (Fsp3) is 0.385. The molecular weight excluding hydrogens is 186 g/mol. The molecule has 0 atom stereocenters. The number of unbranched alkanes of at least 4 members (excludes halogenated alkanes) is 2. The lowest BCUT2D eigenvalue weighted by Crippen LogP contribution is -2.22. The molecule has 0 bridgehead atoms. The van der Waals surface area contributed by atoms with E-state index >= 15 is 0 Å². The Bertz CT molecular complexity index is 488. The van der Waals surface area contributed by atoms with Crippen molar-refractivity contribution in [2.24, 2.45) is 4.99 Å². The minimum atomic E-state index is -0.0349. The Kier molecular flexibility index (Phi) is 2.95. The number of hydrogen-bond acceptors (Lipinski definition) is 1. The first-order chi connectivity index (χ1) is 7.33. The van der Waals surface area contributed by atoms with Crippen molar-refractivity contribution in [2.75, 3.05) is 0 Å². The van der Waals surface area contributed by atoms with Gasteiger partial charge in [0.1, 0.15) is 0 Å². The first-order valence-corrected chi connectivity index (χ1v) is 5.54. The average Bonchev–Trinajstić information content (AvgIpc) is 2.56. The van der Waals surface area contributed by atoms with Crippen LogP contribution in [-0.4, -0.2) is 5.91 Å². The fourth-order valence-corrected chi connectivity index (χ4v) is 1.91. The van der Waals surface area contributed by atoms with Crippen molar-refractivity contribution in [3.8, 4) is 0 Å². The number of carbonyl (C=O) groups is 1. The quantitative estimate of drug-likeness (QED) is 0.680. The van der Waals surface area contributed by atoms with E-state index in [0.29, 0.717) is 0 Å². The minimum Gasteiger partial charge on any atom is -0.267 e. The number of amides is 1. The Morgan fingerprint density at radius 2 is 2.00 bits per heavy atom. The van der Waals surface area contributed by atoms with Gasteiger partial charge in [-0.1, -0.05) is 38.0 Å². The van der Waals surface area contributed by atoms with Crippen LogP contribution in [0.4, 0.5) is 0 Å². The van der Waals surface area contributed by atoms with Crippen molar-refractivity contribution in [3.63, 3.8) is 0 Å². The summed E-state index contributed by atoms with van der Waals surface area (Å²) in [7, 11) is 0. The van der Waals surface area contributed by atoms with Crippen LogP contribution in [0.5, 0.6) is 0 Å². The highest BCUT2D eigenvalue weighted by Crippen LogP contribution is 2.11. The maximum absolute atomic E-state index is 11.6. The third kappa shape index (κ3) is 1.99. The summed E-state index contributed by atoms with van der Waals surface area (Å²) >= 11 is 0. The Balaban J connectivity index is 2.31. The molecule has 0 unspecified atom stereocenters. The number of rotatable bonds is 4. The van der Waals surface area contributed by atoms with E-state index < -0.39 is 0 Å². The summed E-state index contributed by atoms with van der Waals surface area (Å²) in [6, 6.07) is 7.78. The molecule has 0 aromatic heterocycles. The average molecular weight is 201 g/mol. The molecule has 15 heavy (non-hydrogen) atoms. The van der Waals surface area contributed by atoms with E-state index in [1.165, 1.54) is 12.8 Å². The van der Waals surface area contributed by atoms with Crippen molar-refractivity contribution >= 4 is 11.5 Å².